The van der Waals surface area contributed by atoms with E-state index in [9.17, 15) is 4.79 Å². The summed E-state index contributed by atoms with van der Waals surface area (Å²) >= 11 is 0. The zero-order chi connectivity index (χ0) is 22.2. The van der Waals surface area contributed by atoms with E-state index in [1.54, 1.807) is 23.3 Å². The van der Waals surface area contributed by atoms with Gasteiger partial charge in [-0.15, -0.1) is 0 Å². The van der Waals surface area contributed by atoms with E-state index in [1.165, 1.54) is 47.2 Å². The first-order valence-corrected chi connectivity index (χ1v) is 11.6. The molecule has 7 rings (SSSR count). The topological polar surface area (TPSA) is 30.2 Å². The SMILES string of the molecule is O=c1c2ccccc2oc2ccccc12.c1ccc2c(c1)ccc1c3c(ccc12)CCCC3. The standard InChI is InChI=1S/C18H16.C13H8O2/c1-3-7-15-13(5-1)9-11-18-16-8-4-2-6-14(16)10-12-17(15)18;14-13-9-5-1-3-7-11(9)15-12-8-4-2-6-10(12)13/h1,3,5,7,9-12H,2,4,6,8H2;1-8H. The maximum absolute atomic E-state index is 12.0. The molecule has 1 heterocycles. The van der Waals surface area contributed by atoms with E-state index >= 15 is 0 Å². The fourth-order valence-electron chi connectivity index (χ4n) is 5.09. The minimum atomic E-state index is 0.0347. The van der Waals surface area contributed by atoms with Crippen LogP contribution in [0.25, 0.3) is 43.5 Å². The average molecular weight is 429 g/mol. The molecule has 6 aromatic rings. The van der Waals surface area contributed by atoms with Crippen LogP contribution in [0, 0.1) is 0 Å². The van der Waals surface area contributed by atoms with Gasteiger partial charge in [0.05, 0.1) is 10.8 Å². The monoisotopic (exact) mass is 428 g/mol. The molecule has 1 aliphatic carbocycles. The third kappa shape index (κ3) is 3.48. The second-order valence-corrected chi connectivity index (χ2v) is 8.72. The number of hydrogen-bond acceptors (Lipinski definition) is 2. The van der Waals surface area contributed by atoms with Gasteiger partial charge >= 0.3 is 0 Å². The molecule has 0 amide bonds. The van der Waals surface area contributed by atoms with E-state index in [-0.39, 0.29) is 5.43 Å². The zero-order valence-electron chi connectivity index (χ0n) is 18.4. The van der Waals surface area contributed by atoms with Crippen LogP contribution in [0.2, 0.25) is 0 Å². The molecular weight excluding hydrogens is 404 g/mol. The van der Waals surface area contributed by atoms with Crippen molar-refractivity contribution in [1.29, 1.82) is 0 Å². The molecule has 1 aromatic heterocycles. The summed E-state index contributed by atoms with van der Waals surface area (Å²) in [5.41, 5.74) is 4.49. The van der Waals surface area contributed by atoms with Crippen LogP contribution in [0.15, 0.2) is 106 Å². The first kappa shape index (κ1) is 19.8. The van der Waals surface area contributed by atoms with Crippen LogP contribution in [0.3, 0.4) is 0 Å². The average Bonchev–Trinajstić information content (AvgIpc) is 2.89. The number of rotatable bonds is 0. The van der Waals surface area contributed by atoms with E-state index in [1.807, 2.05) is 36.4 Å². The first-order valence-electron chi connectivity index (χ1n) is 11.6. The Labute approximate surface area is 192 Å². The third-order valence-corrected chi connectivity index (χ3v) is 6.74. The summed E-state index contributed by atoms with van der Waals surface area (Å²) in [6.07, 6.45) is 5.22. The molecule has 0 saturated heterocycles. The fourth-order valence-corrected chi connectivity index (χ4v) is 5.09. The van der Waals surface area contributed by atoms with Crippen LogP contribution in [0.5, 0.6) is 0 Å². The van der Waals surface area contributed by atoms with Crippen LogP contribution >= 0.6 is 0 Å². The van der Waals surface area contributed by atoms with Crippen LogP contribution in [-0.4, -0.2) is 0 Å². The van der Waals surface area contributed by atoms with E-state index in [4.69, 9.17) is 4.42 Å². The molecule has 0 aliphatic heterocycles. The van der Waals surface area contributed by atoms with Gasteiger partial charge in [-0.3, -0.25) is 4.79 Å². The molecule has 5 aromatic carbocycles. The van der Waals surface area contributed by atoms with Crippen molar-refractivity contribution in [3.63, 3.8) is 0 Å². The zero-order valence-corrected chi connectivity index (χ0v) is 18.4. The molecule has 0 unspecified atom stereocenters. The highest BCUT2D eigenvalue weighted by atomic mass is 16.3. The highest BCUT2D eigenvalue weighted by Crippen LogP contribution is 2.33. The van der Waals surface area contributed by atoms with Crippen LogP contribution in [-0.2, 0) is 12.8 Å². The van der Waals surface area contributed by atoms with Crippen molar-refractivity contribution in [2.75, 3.05) is 0 Å². The highest BCUT2D eigenvalue weighted by molar-refractivity contribution is 6.08. The minimum absolute atomic E-state index is 0.0347. The molecule has 0 radical (unpaired) electrons. The number of hydrogen-bond donors (Lipinski definition) is 0. The van der Waals surface area contributed by atoms with Crippen LogP contribution in [0.1, 0.15) is 24.0 Å². The Morgan fingerprint density at radius 1 is 0.515 bits per heavy atom. The second-order valence-electron chi connectivity index (χ2n) is 8.72. The number of fused-ring (bicyclic) bond motifs is 7. The summed E-state index contributed by atoms with van der Waals surface area (Å²) in [6, 6.07) is 32.6. The van der Waals surface area contributed by atoms with Gasteiger partial charge in [0.1, 0.15) is 11.2 Å². The van der Waals surface area contributed by atoms with Gasteiger partial charge in [-0.1, -0.05) is 72.8 Å². The van der Waals surface area contributed by atoms with Crippen molar-refractivity contribution >= 4 is 43.5 Å². The Kier molecular flexibility index (Phi) is 4.92. The molecule has 0 saturated carbocycles. The van der Waals surface area contributed by atoms with Gasteiger partial charge in [0.2, 0.25) is 5.43 Å². The Bertz CT molecular complexity index is 1630. The lowest BCUT2D eigenvalue weighted by molar-refractivity contribution is 0.660. The lowest BCUT2D eigenvalue weighted by atomic mass is 9.86. The van der Waals surface area contributed by atoms with Crippen LogP contribution in [0.4, 0.5) is 0 Å². The Hall–Kier alpha value is -3.91. The molecule has 0 bridgehead atoms. The van der Waals surface area contributed by atoms with E-state index in [2.05, 4.69) is 48.5 Å². The van der Waals surface area contributed by atoms with Gasteiger partial charge in [0.15, 0.2) is 0 Å². The van der Waals surface area contributed by atoms with Gasteiger partial charge in [0.25, 0.3) is 0 Å². The molecular formula is C31H24O2. The lowest BCUT2D eigenvalue weighted by Crippen LogP contribution is -2.02. The molecule has 1 aliphatic rings. The predicted molar refractivity (Wildman–Crippen MR) is 138 cm³/mol. The lowest BCUT2D eigenvalue weighted by Gasteiger charge is -2.18. The highest BCUT2D eigenvalue weighted by Gasteiger charge is 2.13. The van der Waals surface area contributed by atoms with Gasteiger partial charge in [-0.25, -0.2) is 0 Å². The first-order chi connectivity index (χ1) is 16.3. The third-order valence-electron chi connectivity index (χ3n) is 6.74. The summed E-state index contributed by atoms with van der Waals surface area (Å²) < 4.78 is 5.63. The molecule has 2 nitrogen and oxygen atoms in total. The van der Waals surface area contributed by atoms with E-state index in [0.29, 0.717) is 21.9 Å². The quantitative estimate of drug-likeness (QED) is 0.182. The van der Waals surface area contributed by atoms with Crippen molar-refractivity contribution in [1.82, 2.24) is 0 Å². The summed E-state index contributed by atoms with van der Waals surface area (Å²) in [5.74, 6) is 0. The number of benzene rings is 5. The van der Waals surface area contributed by atoms with Gasteiger partial charge < -0.3 is 4.42 Å². The normalized spacial score (nSPS) is 13.1. The smallest absolute Gasteiger partial charge is 0.200 e. The summed E-state index contributed by atoms with van der Waals surface area (Å²) in [4.78, 5) is 12.0. The second kappa shape index (κ2) is 8.22. The summed E-state index contributed by atoms with van der Waals surface area (Å²) in [6.45, 7) is 0. The Balaban J connectivity index is 0.000000127. The largest absolute Gasteiger partial charge is 0.456 e. The van der Waals surface area contributed by atoms with Crippen molar-refractivity contribution in [2.45, 2.75) is 25.7 Å². The maximum atomic E-state index is 12.0. The number of para-hydroxylation sites is 2. The Morgan fingerprint density at radius 3 is 1.88 bits per heavy atom. The molecule has 0 spiro atoms. The molecule has 160 valence electrons. The molecule has 0 atom stereocenters. The summed E-state index contributed by atoms with van der Waals surface area (Å²) in [5, 5.41) is 6.91. The van der Waals surface area contributed by atoms with E-state index < -0.39 is 0 Å². The molecule has 2 heteroatoms. The number of aryl methyl sites for hydroxylation is 2. The van der Waals surface area contributed by atoms with Crippen molar-refractivity contribution < 1.29 is 4.42 Å². The van der Waals surface area contributed by atoms with Gasteiger partial charge in [-0.2, -0.15) is 0 Å². The Morgan fingerprint density at radius 2 is 1.12 bits per heavy atom. The molecule has 0 fully saturated rings. The van der Waals surface area contributed by atoms with Crippen molar-refractivity contribution in [2.24, 2.45) is 0 Å². The van der Waals surface area contributed by atoms with Crippen molar-refractivity contribution in [3.05, 3.63) is 118 Å². The van der Waals surface area contributed by atoms with Crippen molar-refractivity contribution in [3.8, 4) is 0 Å². The maximum Gasteiger partial charge on any atom is 0.200 e. The van der Waals surface area contributed by atoms with Gasteiger partial charge in [0, 0.05) is 0 Å². The molecule has 0 N–H and O–H groups in total. The summed E-state index contributed by atoms with van der Waals surface area (Å²) in [7, 11) is 0. The van der Waals surface area contributed by atoms with Crippen LogP contribution < -0.4 is 5.43 Å². The fraction of sp³-hybridized carbons (Fsp3) is 0.129. The van der Waals surface area contributed by atoms with E-state index in [0.717, 1.165) is 0 Å². The minimum Gasteiger partial charge on any atom is -0.456 e. The van der Waals surface area contributed by atoms with Gasteiger partial charge in [-0.05, 0) is 82.6 Å². The molecule has 33 heavy (non-hydrogen) atoms. The predicted octanol–water partition coefficient (Wildman–Crippen LogP) is 7.82.